The summed E-state index contributed by atoms with van der Waals surface area (Å²) in [5.41, 5.74) is 1.72. The van der Waals surface area contributed by atoms with Crippen molar-refractivity contribution in [2.45, 2.75) is 64.7 Å². The van der Waals surface area contributed by atoms with E-state index in [-0.39, 0.29) is 30.0 Å². The Labute approximate surface area is 190 Å². The third-order valence-corrected chi connectivity index (χ3v) is 5.62. The number of fused-ring (bicyclic) bond motifs is 1. The third-order valence-electron chi connectivity index (χ3n) is 5.62. The minimum atomic E-state index is -3.25. The predicted molar refractivity (Wildman–Crippen MR) is 119 cm³/mol. The lowest BCUT2D eigenvalue weighted by Crippen LogP contribution is -2.39. The normalized spacial score (nSPS) is 18.4. The molecule has 10 heteroatoms. The number of ether oxygens (including phenoxy) is 2. The van der Waals surface area contributed by atoms with E-state index in [1.165, 1.54) is 6.92 Å². The van der Waals surface area contributed by atoms with Gasteiger partial charge in [-0.05, 0) is 19.9 Å². The summed E-state index contributed by atoms with van der Waals surface area (Å²) in [6.45, 7) is 6.17. The number of anilines is 1. The minimum Gasteiger partial charge on any atom is -0.474 e. The predicted octanol–water partition coefficient (Wildman–Crippen LogP) is 4.70. The molecule has 3 aromatic rings. The van der Waals surface area contributed by atoms with Crippen molar-refractivity contribution in [3.05, 3.63) is 30.4 Å². The van der Waals surface area contributed by atoms with Crippen LogP contribution in [0.5, 0.6) is 5.88 Å². The SMILES string of the molecule is COC1CC(Oc2cc(-c3cn(C(C)C)c4cnc(NC(C)=O)cc34)nc(C(C)(F)F)n2)C1. The molecule has 0 spiro atoms. The molecule has 4 rings (SSSR count). The minimum absolute atomic E-state index is 0.0836. The summed E-state index contributed by atoms with van der Waals surface area (Å²) in [6.07, 6.45) is 4.80. The number of pyridine rings is 1. The van der Waals surface area contributed by atoms with Gasteiger partial charge in [-0.25, -0.2) is 9.97 Å². The van der Waals surface area contributed by atoms with Gasteiger partial charge in [-0.3, -0.25) is 4.79 Å². The van der Waals surface area contributed by atoms with E-state index in [9.17, 15) is 13.6 Å². The zero-order chi connectivity index (χ0) is 23.9. The number of amides is 1. The van der Waals surface area contributed by atoms with Gasteiger partial charge in [0.05, 0.1) is 23.5 Å². The van der Waals surface area contributed by atoms with Crippen LogP contribution in [0.15, 0.2) is 24.5 Å². The van der Waals surface area contributed by atoms with Crippen LogP contribution in [0, 0.1) is 0 Å². The number of nitrogens with one attached hydrogen (secondary N) is 1. The number of aromatic nitrogens is 4. The monoisotopic (exact) mass is 459 g/mol. The van der Waals surface area contributed by atoms with E-state index in [1.54, 1.807) is 25.4 Å². The van der Waals surface area contributed by atoms with Gasteiger partial charge in [-0.1, -0.05) is 0 Å². The lowest BCUT2D eigenvalue weighted by Gasteiger charge is -2.33. The van der Waals surface area contributed by atoms with Gasteiger partial charge in [0, 0.05) is 63.1 Å². The summed E-state index contributed by atoms with van der Waals surface area (Å²) < 4.78 is 41.7. The fraction of sp³-hybridized carbons (Fsp3) is 0.478. The van der Waals surface area contributed by atoms with Crippen LogP contribution in [0.2, 0.25) is 0 Å². The highest BCUT2D eigenvalue weighted by Gasteiger charge is 2.34. The van der Waals surface area contributed by atoms with Crippen LogP contribution in [-0.4, -0.2) is 44.7 Å². The first kappa shape index (κ1) is 23.0. The van der Waals surface area contributed by atoms with Crippen LogP contribution < -0.4 is 10.1 Å². The maximum Gasteiger partial charge on any atom is 0.303 e. The zero-order valence-corrected chi connectivity index (χ0v) is 19.2. The molecule has 3 aromatic heterocycles. The first-order chi connectivity index (χ1) is 15.5. The number of nitrogens with zero attached hydrogens (tertiary/aromatic N) is 4. The molecular weight excluding hydrogens is 432 g/mol. The van der Waals surface area contributed by atoms with E-state index < -0.39 is 11.7 Å². The van der Waals surface area contributed by atoms with Crippen LogP contribution in [0.25, 0.3) is 22.2 Å². The molecule has 33 heavy (non-hydrogen) atoms. The molecule has 0 atom stereocenters. The summed E-state index contributed by atoms with van der Waals surface area (Å²) in [4.78, 5) is 24.0. The van der Waals surface area contributed by atoms with E-state index in [0.29, 0.717) is 29.9 Å². The van der Waals surface area contributed by atoms with Crippen LogP contribution in [0.4, 0.5) is 14.6 Å². The van der Waals surface area contributed by atoms with Crippen LogP contribution in [-0.2, 0) is 15.5 Å². The number of halogens is 2. The highest BCUT2D eigenvalue weighted by atomic mass is 19.3. The quantitative estimate of drug-likeness (QED) is 0.551. The second-order valence-electron chi connectivity index (χ2n) is 8.68. The summed E-state index contributed by atoms with van der Waals surface area (Å²) in [5.74, 6) is -3.66. The number of carbonyl (C=O) groups excluding carboxylic acids is 1. The largest absolute Gasteiger partial charge is 0.474 e. The molecule has 0 saturated heterocycles. The van der Waals surface area contributed by atoms with Crippen molar-refractivity contribution in [1.29, 1.82) is 0 Å². The maximum atomic E-state index is 14.3. The van der Waals surface area contributed by atoms with Gasteiger partial charge in [0.25, 0.3) is 0 Å². The molecule has 1 saturated carbocycles. The van der Waals surface area contributed by atoms with Gasteiger partial charge >= 0.3 is 5.92 Å². The van der Waals surface area contributed by atoms with Crippen LogP contribution >= 0.6 is 0 Å². The Morgan fingerprint density at radius 2 is 1.97 bits per heavy atom. The summed E-state index contributed by atoms with van der Waals surface area (Å²) in [7, 11) is 1.63. The van der Waals surface area contributed by atoms with Crippen molar-refractivity contribution in [1.82, 2.24) is 19.5 Å². The standard InChI is InChI=1S/C23H27F2N5O3/c1-12(2)30-11-17(16-8-20(27-13(3)31)26-10-19(16)30)18-9-21(29-22(28-18)23(4,24)25)33-15-6-14(7-15)32-5/h8-12,14-15H,6-7H2,1-5H3,(H,26,27,31). The fourth-order valence-corrected chi connectivity index (χ4v) is 3.82. The number of alkyl halides is 2. The Balaban J connectivity index is 1.83. The maximum absolute atomic E-state index is 14.3. The molecule has 0 aliphatic heterocycles. The van der Waals surface area contributed by atoms with Crippen molar-refractivity contribution < 1.29 is 23.0 Å². The third kappa shape index (κ3) is 4.80. The first-order valence-corrected chi connectivity index (χ1v) is 10.8. The highest BCUT2D eigenvalue weighted by molar-refractivity contribution is 5.98. The summed E-state index contributed by atoms with van der Waals surface area (Å²) in [5, 5.41) is 3.39. The van der Waals surface area contributed by atoms with Gasteiger partial charge in [0.1, 0.15) is 11.9 Å². The number of hydrogen-bond acceptors (Lipinski definition) is 6. The molecule has 1 aliphatic carbocycles. The summed E-state index contributed by atoms with van der Waals surface area (Å²) >= 11 is 0. The Kier molecular flexibility index (Phi) is 6.04. The van der Waals surface area contributed by atoms with Crippen molar-refractivity contribution in [3.8, 4) is 17.1 Å². The average Bonchev–Trinajstić information content (AvgIpc) is 3.08. The number of rotatable bonds is 7. The van der Waals surface area contributed by atoms with E-state index in [0.717, 1.165) is 17.8 Å². The number of methoxy groups -OCH3 is 1. The average molecular weight is 459 g/mol. The molecule has 0 aromatic carbocycles. The van der Waals surface area contributed by atoms with E-state index in [2.05, 4.69) is 20.3 Å². The smallest absolute Gasteiger partial charge is 0.303 e. The Morgan fingerprint density at radius 1 is 1.24 bits per heavy atom. The Hall–Kier alpha value is -3.14. The van der Waals surface area contributed by atoms with Crippen molar-refractivity contribution >= 4 is 22.6 Å². The molecule has 1 N–H and O–H groups in total. The van der Waals surface area contributed by atoms with Gasteiger partial charge in [-0.2, -0.15) is 13.8 Å². The molecular formula is C23H27F2N5O3. The Bertz CT molecular complexity index is 1180. The second-order valence-corrected chi connectivity index (χ2v) is 8.68. The fourth-order valence-electron chi connectivity index (χ4n) is 3.82. The molecule has 0 unspecified atom stereocenters. The van der Waals surface area contributed by atoms with Gasteiger partial charge in [-0.15, -0.1) is 0 Å². The molecule has 1 fully saturated rings. The lowest BCUT2D eigenvalue weighted by atomic mass is 9.92. The highest BCUT2D eigenvalue weighted by Crippen LogP contribution is 2.36. The van der Waals surface area contributed by atoms with Crippen LogP contribution in [0.1, 0.15) is 52.4 Å². The lowest BCUT2D eigenvalue weighted by molar-refractivity contribution is -0.114. The zero-order valence-electron chi connectivity index (χ0n) is 19.2. The van der Waals surface area contributed by atoms with Gasteiger partial charge in [0.15, 0.2) is 0 Å². The van der Waals surface area contributed by atoms with Crippen molar-refractivity contribution in [3.63, 3.8) is 0 Å². The number of carbonyl (C=O) groups is 1. The molecule has 0 radical (unpaired) electrons. The van der Waals surface area contributed by atoms with E-state index in [1.807, 2.05) is 24.6 Å². The summed E-state index contributed by atoms with van der Waals surface area (Å²) in [6, 6.07) is 3.38. The molecule has 1 aliphatic rings. The molecule has 8 nitrogen and oxygen atoms in total. The van der Waals surface area contributed by atoms with Crippen molar-refractivity contribution in [2.75, 3.05) is 12.4 Å². The first-order valence-electron chi connectivity index (χ1n) is 10.8. The van der Waals surface area contributed by atoms with E-state index in [4.69, 9.17) is 9.47 Å². The molecule has 1 amide bonds. The topological polar surface area (TPSA) is 91.2 Å². The van der Waals surface area contributed by atoms with Crippen LogP contribution in [0.3, 0.4) is 0 Å². The van der Waals surface area contributed by atoms with Gasteiger partial charge < -0.3 is 19.4 Å². The van der Waals surface area contributed by atoms with E-state index >= 15 is 0 Å². The molecule has 0 bridgehead atoms. The number of hydrogen-bond donors (Lipinski definition) is 1. The van der Waals surface area contributed by atoms with Crippen molar-refractivity contribution in [2.24, 2.45) is 0 Å². The molecule has 3 heterocycles. The molecule has 176 valence electrons. The Morgan fingerprint density at radius 3 is 2.58 bits per heavy atom. The van der Waals surface area contributed by atoms with Gasteiger partial charge in [0.2, 0.25) is 17.6 Å². The second kappa shape index (κ2) is 8.66.